The van der Waals surface area contributed by atoms with Crippen molar-refractivity contribution in [3.8, 4) is 11.5 Å². The molecule has 0 amide bonds. The molecule has 1 aliphatic heterocycles. The van der Waals surface area contributed by atoms with Crippen molar-refractivity contribution < 1.29 is 14.3 Å². The van der Waals surface area contributed by atoms with Gasteiger partial charge >= 0.3 is 0 Å². The van der Waals surface area contributed by atoms with E-state index in [9.17, 15) is 4.79 Å². The topological polar surface area (TPSA) is 51.3 Å². The minimum absolute atomic E-state index is 0.0161. The van der Waals surface area contributed by atoms with Crippen molar-refractivity contribution in [2.75, 3.05) is 6.79 Å². The number of fused-ring (bicyclic) bond motifs is 2. The minimum atomic E-state index is -0.0161. The number of ether oxygens (including phenoxy) is 2. The molecule has 3 aromatic rings. The fourth-order valence-corrected chi connectivity index (χ4v) is 2.87. The molecule has 4 heteroatoms. The largest absolute Gasteiger partial charge is 0.454 e. The van der Waals surface area contributed by atoms with Gasteiger partial charge < -0.3 is 14.5 Å². The number of aryl methyl sites for hydroxylation is 1. The molecule has 114 valence electrons. The van der Waals surface area contributed by atoms with Crippen LogP contribution in [0.15, 0.2) is 48.5 Å². The Balaban J connectivity index is 1.65. The molecule has 2 heterocycles. The van der Waals surface area contributed by atoms with E-state index in [1.165, 1.54) is 0 Å². The highest BCUT2D eigenvalue weighted by Crippen LogP contribution is 2.33. The molecule has 4 rings (SSSR count). The lowest BCUT2D eigenvalue weighted by Crippen LogP contribution is -1.95. The molecule has 0 saturated heterocycles. The average Bonchev–Trinajstić information content (AvgIpc) is 3.15. The smallest absolute Gasteiger partial charge is 0.231 e. The van der Waals surface area contributed by atoms with Crippen LogP contribution < -0.4 is 9.47 Å². The Morgan fingerprint density at radius 2 is 1.96 bits per heavy atom. The van der Waals surface area contributed by atoms with Gasteiger partial charge in [0.05, 0.1) is 5.56 Å². The van der Waals surface area contributed by atoms with Crippen LogP contribution in [0.1, 0.15) is 21.6 Å². The van der Waals surface area contributed by atoms with Crippen LogP contribution in [0.25, 0.3) is 17.0 Å². The summed E-state index contributed by atoms with van der Waals surface area (Å²) in [6, 6.07) is 13.4. The molecule has 0 bridgehead atoms. The Morgan fingerprint density at radius 1 is 1.13 bits per heavy atom. The van der Waals surface area contributed by atoms with Gasteiger partial charge in [0.25, 0.3) is 0 Å². The Labute approximate surface area is 133 Å². The number of aromatic amines is 1. The molecule has 0 spiro atoms. The summed E-state index contributed by atoms with van der Waals surface area (Å²) in [6.07, 6.45) is 3.39. The molecule has 1 N–H and O–H groups in total. The van der Waals surface area contributed by atoms with Crippen LogP contribution in [0.5, 0.6) is 11.5 Å². The normalized spacial score (nSPS) is 13.1. The lowest BCUT2D eigenvalue weighted by molar-refractivity contribution is 0.104. The van der Waals surface area contributed by atoms with Crippen molar-refractivity contribution in [2.45, 2.75) is 6.92 Å². The van der Waals surface area contributed by atoms with Crippen LogP contribution in [0.4, 0.5) is 0 Å². The molecular formula is C19H15NO3. The van der Waals surface area contributed by atoms with Gasteiger partial charge in [-0.3, -0.25) is 4.79 Å². The molecule has 2 aromatic carbocycles. The van der Waals surface area contributed by atoms with Crippen LogP contribution in [0.2, 0.25) is 0 Å². The van der Waals surface area contributed by atoms with Crippen LogP contribution in [0, 0.1) is 6.92 Å². The summed E-state index contributed by atoms with van der Waals surface area (Å²) in [5.41, 5.74) is 3.48. The van der Waals surface area contributed by atoms with Gasteiger partial charge in [0, 0.05) is 16.6 Å². The van der Waals surface area contributed by atoms with Crippen molar-refractivity contribution in [1.29, 1.82) is 0 Å². The molecule has 0 unspecified atom stereocenters. The van der Waals surface area contributed by atoms with Gasteiger partial charge in [0.1, 0.15) is 0 Å². The van der Waals surface area contributed by atoms with Gasteiger partial charge in [-0.1, -0.05) is 30.3 Å². The van der Waals surface area contributed by atoms with Gasteiger partial charge in [-0.15, -0.1) is 0 Å². The number of para-hydroxylation sites is 1. The molecule has 0 atom stereocenters. The van der Waals surface area contributed by atoms with E-state index in [2.05, 4.69) is 4.98 Å². The van der Waals surface area contributed by atoms with Crippen molar-refractivity contribution in [3.63, 3.8) is 0 Å². The number of allylic oxidation sites excluding steroid dienone is 1. The molecule has 0 fully saturated rings. The van der Waals surface area contributed by atoms with Crippen molar-refractivity contribution >= 4 is 22.8 Å². The molecule has 1 aromatic heterocycles. The molecule has 0 aliphatic carbocycles. The Hall–Kier alpha value is -3.01. The number of nitrogens with one attached hydrogen (secondary N) is 1. The lowest BCUT2D eigenvalue weighted by Gasteiger charge is -1.98. The van der Waals surface area contributed by atoms with E-state index in [0.29, 0.717) is 5.75 Å². The third kappa shape index (κ3) is 2.38. The number of hydrogen-bond acceptors (Lipinski definition) is 3. The third-order valence-electron chi connectivity index (χ3n) is 3.96. The summed E-state index contributed by atoms with van der Waals surface area (Å²) in [5, 5.41) is 0.949. The third-order valence-corrected chi connectivity index (χ3v) is 3.96. The van der Waals surface area contributed by atoms with E-state index in [-0.39, 0.29) is 12.6 Å². The maximum Gasteiger partial charge on any atom is 0.231 e. The Kier molecular flexibility index (Phi) is 3.15. The van der Waals surface area contributed by atoms with E-state index in [4.69, 9.17) is 9.47 Å². The number of carbonyl (C=O) groups is 1. The first-order valence-electron chi connectivity index (χ1n) is 7.42. The van der Waals surface area contributed by atoms with Gasteiger partial charge in [-0.05, 0) is 36.8 Å². The fourth-order valence-electron chi connectivity index (χ4n) is 2.87. The van der Waals surface area contributed by atoms with Gasteiger partial charge in [-0.2, -0.15) is 0 Å². The highest BCUT2D eigenvalue weighted by Gasteiger charge is 2.14. The first-order valence-corrected chi connectivity index (χ1v) is 7.42. The Bertz CT molecular complexity index is 937. The molecule has 23 heavy (non-hydrogen) atoms. The fraction of sp³-hybridized carbons (Fsp3) is 0.105. The van der Waals surface area contributed by atoms with Crippen LogP contribution >= 0.6 is 0 Å². The summed E-state index contributed by atoms with van der Waals surface area (Å²) < 4.78 is 10.6. The molecule has 0 saturated carbocycles. The number of rotatable bonds is 3. The molecule has 0 radical (unpaired) electrons. The maximum atomic E-state index is 12.6. The second-order valence-corrected chi connectivity index (χ2v) is 5.48. The van der Waals surface area contributed by atoms with Crippen LogP contribution in [-0.2, 0) is 0 Å². The summed E-state index contributed by atoms with van der Waals surface area (Å²) >= 11 is 0. The van der Waals surface area contributed by atoms with E-state index in [1.807, 2.05) is 49.4 Å². The standard InChI is InChI=1S/C19H15NO3/c1-12-19(14-4-2-3-5-15(14)20-12)16(21)8-6-13-7-9-17-18(10-13)23-11-22-17/h2-10,20H,11H2,1H3. The second-order valence-electron chi connectivity index (χ2n) is 5.48. The van der Waals surface area contributed by atoms with Crippen molar-refractivity contribution in [1.82, 2.24) is 4.98 Å². The zero-order chi connectivity index (χ0) is 15.8. The second kappa shape index (κ2) is 5.32. The van der Waals surface area contributed by atoms with Crippen LogP contribution in [-0.4, -0.2) is 17.6 Å². The zero-order valence-electron chi connectivity index (χ0n) is 12.6. The highest BCUT2D eigenvalue weighted by molar-refractivity contribution is 6.15. The average molecular weight is 305 g/mol. The predicted molar refractivity (Wildman–Crippen MR) is 89.0 cm³/mol. The zero-order valence-corrected chi connectivity index (χ0v) is 12.6. The SMILES string of the molecule is Cc1[nH]c2ccccc2c1C(=O)C=Cc1ccc2c(c1)OCO2. The molecule has 1 aliphatic rings. The number of carbonyl (C=O) groups excluding carboxylic acids is 1. The summed E-state index contributed by atoms with van der Waals surface area (Å²) in [7, 11) is 0. The first-order chi connectivity index (χ1) is 11.2. The van der Waals surface area contributed by atoms with Crippen LogP contribution in [0.3, 0.4) is 0 Å². The monoisotopic (exact) mass is 305 g/mol. The summed E-state index contributed by atoms with van der Waals surface area (Å²) in [5.74, 6) is 1.43. The number of ketones is 1. The number of H-pyrrole nitrogens is 1. The molecule has 4 nitrogen and oxygen atoms in total. The lowest BCUT2D eigenvalue weighted by atomic mass is 10.1. The quantitative estimate of drug-likeness (QED) is 0.585. The Morgan fingerprint density at radius 3 is 2.87 bits per heavy atom. The number of aromatic nitrogens is 1. The predicted octanol–water partition coefficient (Wildman–Crippen LogP) is 4.10. The summed E-state index contributed by atoms with van der Waals surface area (Å²) in [6.45, 7) is 2.16. The van der Waals surface area contributed by atoms with E-state index >= 15 is 0 Å². The van der Waals surface area contributed by atoms with Gasteiger partial charge in [0.2, 0.25) is 6.79 Å². The summed E-state index contributed by atoms with van der Waals surface area (Å²) in [4.78, 5) is 15.8. The minimum Gasteiger partial charge on any atom is -0.454 e. The molecular weight excluding hydrogens is 290 g/mol. The van der Waals surface area contributed by atoms with Gasteiger partial charge in [-0.25, -0.2) is 0 Å². The highest BCUT2D eigenvalue weighted by atomic mass is 16.7. The first kappa shape index (κ1) is 13.6. The van der Waals surface area contributed by atoms with Crippen molar-refractivity contribution in [3.05, 3.63) is 65.4 Å². The number of hydrogen-bond donors (Lipinski definition) is 1. The number of benzene rings is 2. The van der Waals surface area contributed by atoms with E-state index in [0.717, 1.165) is 33.5 Å². The van der Waals surface area contributed by atoms with Gasteiger partial charge in [0.15, 0.2) is 17.3 Å². The maximum absolute atomic E-state index is 12.6. The van der Waals surface area contributed by atoms with Crippen molar-refractivity contribution in [2.24, 2.45) is 0 Å². The van der Waals surface area contributed by atoms with E-state index < -0.39 is 0 Å². The van der Waals surface area contributed by atoms with E-state index in [1.54, 1.807) is 12.2 Å².